The van der Waals surface area contributed by atoms with Gasteiger partial charge in [-0.15, -0.1) is 24.8 Å². The Hall–Kier alpha value is -0.0300. The summed E-state index contributed by atoms with van der Waals surface area (Å²) >= 11 is 0. The highest BCUT2D eigenvalue weighted by Crippen LogP contribution is 2.23. The quantitative estimate of drug-likeness (QED) is 0.836. The molecule has 0 aliphatic carbocycles. The van der Waals surface area contributed by atoms with Crippen LogP contribution in [0.5, 0.6) is 0 Å². The Morgan fingerprint density at radius 2 is 1.57 bits per heavy atom. The highest BCUT2D eigenvalue weighted by Gasteiger charge is 2.34. The van der Waals surface area contributed by atoms with Crippen LogP contribution in [-0.4, -0.2) is 61.0 Å². The lowest BCUT2D eigenvalue weighted by Crippen LogP contribution is -2.44. The van der Waals surface area contributed by atoms with Crippen LogP contribution in [0, 0.1) is 5.92 Å². The number of carbonyl (C=O) groups excluding carboxylic acids is 1. The SMILES string of the molecule is Cl.Cl.O=C(C1CCNCC1)N1CCC(N2CCCCC2)C1. The number of rotatable bonds is 2. The van der Waals surface area contributed by atoms with Gasteiger partial charge in [0.1, 0.15) is 0 Å². The lowest BCUT2D eigenvalue weighted by molar-refractivity contribution is -0.135. The van der Waals surface area contributed by atoms with E-state index in [4.69, 9.17) is 0 Å². The number of likely N-dealkylation sites (tertiary alicyclic amines) is 2. The molecule has 3 rings (SSSR count). The number of hydrogen-bond donors (Lipinski definition) is 1. The van der Waals surface area contributed by atoms with Crippen LogP contribution >= 0.6 is 24.8 Å². The van der Waals surface area contributed by atoms with Crippen molar-refractivity contribution in [1.82, 2.24) is 15.1 Å². The van der Waals surface area contributed by atoms with Gasteiger partial charge in [0.05, 0.1) is 0 Å². The fourth-order valence-electron chi connectivity index (χ4n) is 3.85. The summed E-state index contributed by atoms with van der Waals surface area (Å²) in [6.45, 7) is 6.51. The molecule has 21 heavy (non-hydrogen) atoms. The molecular weight excluding hydrogens is 309 g/mol. The van der Waals surface area contributed by atoms with Crippen molar-refractivity contribution in [3.05, 3.63) is 0 Å². The van der Waals surface area contributed by atoms with Gasteiger partial charge in [0, 0.05) is 25.0 Å². The summed E-state index contributed by atoms with van der Waals surface area (Å²) in [6.07, 6.45) is 7.34. The Bertz CT molecular complexity index is 318. The maximum atomic E-state index is 12.5. The van der Waals surface area contributed by atoms with Gasteiger partial charge in [-0.25, -0.2) is 0 Å². The van der Waals surface area contributed by atoms with Gasteiger partial charge in [-0.3, -0.25) is 9.69 Å². The Labute approximate surface area is 140 Å². The lowest BCUT2D eigenvalue weighted by atomic mass is 9.97. The molecule has 0 aromatic rings. The highest BCUT2D eigenvalue weighted by atomic mass is 35.5. The largest absolute Gasteiger partial charge is 0.341 e. The Morgan fingerprint density at radius 3 is 2.24 bits per heavy atom. The van der Waals surface area contributed by atoms with Crippen LogP contribution in [0.2, 0.25) is 0 Å². The number of amides is 1. The van der Waals surface area contributed by atoms with E-state index in [1.807, 2.05) is 0 Å². The Kier molecular flexibility index (Phi) is 8.32. The predicted molar refractivity (Wildman–Crippen MR) is 90.5 cm³/mol. The van der Waals surface area contributed by atoms with E-state index in [1.165, 1.54) is 38.8 Å². The topological polar surface area (TPSA) is 35.6 Å². The van der Waals surface area contributed by atoms with Crippen LogP contribution in [0.3, 0.4) is 0 Å². The van der Waals surface area contributed by atoms with E-state index in [1.54, 1.807) is 0 Å². The van der Waals surface area contributed by atoms with Gasteiger partial charge in [0.15, 0.2) is 0 Å². The molecule has 3 saturated heterocycles. The molecule has 0 aromatic carbocycles. The fourth-order valence-corrected chi connectivity index (χ4v) is 3.85. The fraction of sp³-hybridized carbons (Fsp3) is 0.933. The predicted octanol–water partition coefficient (Wildman–Crippen LogP) is 1.92. The van der Waals surface area contributed by atoms with Gasteiger partial charge in [0.2, 0.25) is 5.91 Å². The third-order valence-electron chi connectivity index (χ3n) is 5.07. The van der Waals surface area contributed by atoms with Crippen molar-refractivity contribution in [2.75, 3.05) is 39.3 Å². The molecule has 0 bridgehead atoms. The van der Waals surface area contributed by atoms with Crippen molar-refractivity contribution in [2.24, 2.45) is 5.92 Å². The number of nitrogens with zero attached hydrogens (tertiary/aromatic N) is 2. The maximum Gasteiger partial charge on any atom is 0.225 e. The molecule has 4 nitrogen and oxygen atoms in total. The molecule has 1 atom stereocenters. The van der Waals surface area contributed by atoms with Crippen LogP contribution in [0.15, 0.2) is 0 Å². The van der Waals surface area contributed by atoms with Crippen LogP contribution in [-0.2, 0) is 4.79 Å². The van der Waals surface area contributed by atoms with E-state index in [0.717, 1.165) is 39.0 Å². The minimum Gasteiger partial charge on any atom is -0.341 e. The van der Waals surface area contributed by atoms with E-state index in [9.17, 15) is 4.79 Å². The lowest BCUT2D eigenvalue weighted by Gasteiger charge is -2.32. The van der Waals surface area contributed by atoms with E-state index in [2.05, 4.69) is 15.1 Å². The van der Waals surface area contributed by atoms with Gasteiger partial charge in [-0.2, -0.15) is 0 Å². The van der Waals surface area contributed by atoms with Gasteiger partial charge in [-0.05, 0) is 58.3 Å². The molecule has 3 heterocycles. The van der Waals surface area contributed by atoms with Crippen LogP contribution < -0.4 is 5.32 Å². The van der Waals surface area contributed by atoms with Crippen molar-refractivity contribution in [1.29, 1.82) is 0 Å². The molecular formula is C15H29Cl2N3O. The number of carbonyl (C=O) groups is 1. The summed E-state index contributed by atoms with van der Waals surface area (Å²) in [6, 6.07) is 0.644. The van der Waals surface area contributed by atoms with E-state index < -0.39 is 0 Å². The third kappa shape index (κ3) is 4.72. The van der Waals surface area contributed by atoms with Crippen molar-refractivity contribution < 1.29 is 4.79 Å². The molecule has 3 fully saturated rings. The molecule has 1 unspecified atom stereocenters. The van der Waals surface area contributed by atoms with Crippen molar-refractivity contribution in [3.8, 4) is 0 Å². The molecule has 1 amide bonds. The molecule has 0 spiro atoms. The summed E-state index contributed by atoms with van der Waals surface area (Å²) in [5.74, 6) is 0.724. The van der Waals surface area contributed by atoms with Crippen LogP contribution in [0.1, 0.15) is 38.5 Å². The molecule has 124 valence electrons. The monoisotopic (exact) mass is 337 g/mol. The van der Waals surface area contributed by atoms with Crippen molar-refractivity contribution in [2.45, 2.75) is 44.6 Å². The minimum atomic E-state index is 0. The Balaban J connectivity index is 0.00000110. The normalized spacial score (nSPS) is 27.8. The zero-order valence-corrected chi connectivity index (χ0v) is 14.4. The van der Waals surface area contributed by atoms with Crippen LogP contribution in [0.25, 0.3) is 0 Å². The summed E-state index contributed by atoms with van der Waals surface area (Å²) < 4.78 is 0. The molecule has 3 aliphatic rings. The number of halogens is 2. The summed E-state index contributed by atoms with van der Waals surface area (Å²) in [4.78, 5) is 17.3. The summed E-state index contributed by atoms with van der Waals surface area (Å²) in [7, 11) is 0. The van der Waals surface area contributed by atoms with E-state index in [0.29, 0.717) is 17.9 Å². The molecule has 1 N–H and O–H groups in total. The van der Waals surface area contributed by atoms with Crippen molar-refractivity contribution in [3.63, 3.8) is 0 Å². The molecule has 0 aromatic heterocycles. The zero-order valence-electron chi connectivity index (χ0n) is 12.8. The first-order valence-electron chi connectivity index (χ1n) is 8.08. The molecule has 6 heteroatoms. The third-order valence-corrected chi connectivity index (χ3v) is 5.07. The number of nitrogens with one attached hydrogen (secondary N) is 1. The first kappa shape index (κ1) is 19.0. The zero-order chi connectivity index (χ0) is 13.1. The summed E-state index contributed by atoms with van der Waals surface area (Å²) in [5.41, 5.74) is 0. The Morgan fingerprint density at radius 1 is 0.905 bits per heavy atom. The maximum absolute atomic E-state index is 12.5. The average Bonchev–Trinajstić information content (AvgIpc) is 2.98. The van der Waals surface area contributed by atoms with Gasteiger partial charge in [0.25, 0.3) is 0 Å². The number of hydrogen-bond acceptors (Lipinski definition) is 3. The molecule has 0 saturated carbocycles. The second-order valence-electron chi connectivity index (χ2n) is 6.35. The second kappa shape index (κ2) is 9.19. The minimum absolute atomic E-state index is 0. The first-order valence-corrected chi connectivity index (χ1v) is 8.08. The van der Waals surface area contributed by atoms with Crippen LogP contribution in [0.4, 0.5) is 0 Å². The smallest absolute Gasteiger partial charge is 0.225 e. The first-order chi connectivity index (χ1) is 9.34. The number of piperidine rings is 2. The summed E-state index contributed by atoms with van der Waals surface area (Å²) in [5, 5.41) is 3.34. The van der Waals surface area contributed by atoms with Gasteiger partial charge < -0.3 is 10.2 Å². The van der Waals surface area contributed by atoms with Gasteiger partial charge >= 0.3 is 0 Å². The van der Waals surface area contributed by atoms with E-state index >= 15 is 0 Å². The average molecular weight is 338 g/mol. The second-order valence-corrected chi connectivity index (χ2v) is 6.35. The van der Waals surface area contributed by atoms with Gasteiger partial charge in [-0.1, -0.05) is 6.42 Å². The van der Waals surface area contributed by atoms with Crippen molar-refractivity contribution >= 4 is 30.7 Å². The highest BCUT2D eigenvalue weighted by molar-refractivity contribution is 5.85. The standard InChI is InChI=1S/C15H27N3O.2ClH/c19-15(13-4-7-16-8-5-13)18-11-6-14(12-18)17-9-2-1-3-10-17;;/h13-14,16H,1-12H2;2*1H. The molecule has 0 radical (unpaired) electrons. The molecule has 3 aliphatic heterocycles. The van der Waals surface area contributed by atoms with E-state index in [-0.39, 0.29) is 24.8 Å².